The molecule has 1 aromatic rings. The fourth-order valence-electron chi connectivity index (χ4n) is 4.01. The third-order valence-corrected chi connectivity index (χ3v) is 5.42. The van der Waals surface area contributed by atoms with E-state index in [9.17, 15) is 9.59 Å². The second-order valence-electron chi connectivity index (χ2n) is 6.94. The van der Waals surface area contributed by atoms with E-state index in [0.29, 0.717) is 12.5 Å². The lowest BCUT2D eigenvalue weighted by atomic mass is 10.0. The van der Waals surface area contributed by atoms with Crippen LogP contribution in [0.5, 0.6) is 5.75 Å². The van der Waals surface area contributed by atoms with Crippen molar-refractivity contribution in [2.24, 2.45) is 5.73 Å². The number of hydrogen-bond acceptors (Lipinski definition) is 4. The Hall–Kier alpha value is -2.08. The number of piperidine rings is 1. The highest BCUT2D eigenvalue weighted by molar-refractivity contribution is 5.80. The summed E-state index contributed by atoms with van der Waals surface area (Å²) in [5.74, 6) is 0.749. The van der Waals surface area contributed by atoms with Gasteiger partial charge in [-0.3, -0.25) is 14.5 Å². The predicted molar refractivity (Wildman–Crippen MR) is 95.2 cm³/mol. The number of hydrogen-bond donors (Lipinski definition) is 1. The predicted octanol–water partition coefficient (Wildman–Crippen LogP) is 1.18. The van der Waals surface area contributed by atoms with Crippen molar-refractivity contribution in [3.8, 4) is 5.75 Å². The van der Waals surface area contributed by atoms with E-state index >= 15 is 0 Å². The van der Waals surface area contributed by atoms with Crippen molar-refractivity contribution in [3.63, 3.8) is 0 Å². The Morgan fingerprint density at radius 3 is 2.40 bits per heavy atom. The van der Waals surface area contributed by atoms with Gasteiger partial charge in [-0.05, 0) is 49.9 Å². The molecule has 0 aromatic heterocycles. The Morgan fingerprint density at radius 1 is 1.12 bits per heavy atom. The third kappa shape index (κ3) is 4.12. The van der Waals surface area contributed by atoms with Crippen LogP contribution in [0, 0.1) is 0 Å². The molecular formula is C19H27N3O3. The molecule has 2 aliphatic rings. The van der Waals surface area contributed by atoms with Gasteiger partial charge in [0.05, 0.1) is 19.6 Å². The molecule has 1 atom stereocenters. The molecule has 2 aliphatic heterocycles. The van der Waals surface area contributed by atoms with Gasteiger partial charge in [-0.2, -0.15) is 0 Å². The number of ether oxygens (including phenoxy) is 1. The zero-order chi connectivity index (χ0) is 17.8. The molecular weight excluding hydrogens is 318 g/mol. The molecule has 3 rings (SSSR count). The van der Waals surface area contributed by atoms with E-state index < -0.39 is 0 Å². The third-order valence-electron chi connectivity index (χ3n) is 5.42. The SMILES string of the molecule is COc1ccc(CC(=O)N2CCC(N3CCC[C@H]3C(N)=O)CC2)cc1. The number of likely N-dealkylation sites (tertiary alicyclic amines) is 2. The van der Waals surface area contributed by atoms with Crippen molar-refractivity contribution >= 4 is 11.8 Å². The highest BCUT2D eigenvalue weighted by Gasteiger charge is 2.36. The topological polar surface area (TPSA) is 75.9 Å². The van der Waals surface area contributed by atoms with E-state index in [0.717, 1.165) is 56.6 Å². The van der Waals surface area contributed by atoms with Crippen molar-refractivity contribution < 1.29 is 14.3 Å². The average molecular weight is 345 g/mol. The highest BCUT2D eigenvalue weighted by atomic mass is 16.5. The van der Waals surface area contributed by atoms with Gasteiger partial charge in [0.15, 0.2) is 0 Å². The second kappa shape index (κ2) is 7.87. The lowest BCUT2D eigenvalue weighted by molar-refractivity contribution is -0.133. The van der Waals surface area contributed by atoms with Crippen LogP contribution in [0.25, 0.3) is 0 Å². The first-order chi connectivity index (χ1) is 12.1. The lowest BCUT2D eigenvalue weighted by Crippen LogP contribution is -2.51. The number of carbonyl (C=O) groups is 2. The first-order valence-corrected chi connectivity index (χ1v) is 9.04. The minimum Gasteiger partial charge on any atom is -0.497 e. The molecule has 2 saturated heterocycles. The molecule has 25 heavy (non-hydrogen) atoms. The van der Waals surface area contributed by atoms with E-state index in [4.69, 9.17) is 10.5 Å². The number of rotatable bonds is 5. The van der Waals surface area contributed by atoms with Crippen molar-refractivity contribution in [2.75, 3.05) is 26.7 Å². The first kappa shape index (κ1) is 17.7. The Labute approximate surface area is 148 Å². The van der Waals surface area contributed by atoms with Gasteiger partial charge < -0.3 is 15.4 Å². The summed E-state index contributed by atoms with van der Waals surface area (Å²) < 4.78 is 5.14. The van der Waals surface area contributed by atoms with Crippen LogP contribution in [0.1, 0.15) is 31.2 Å². The van der Waals surface area contributed by atoms with Gasteiger partial charge >= 0.3 is 0 Å². The van der Waals surface area contributed by atoms with Gasteiger partial charge in [-0.1, -0.05) is 12.1 Å². The van der Waals surface area contributed by atoms with Crippen molar-refractivity contribution in [2.45, 2.75) is 44.2 Å². The summed E-state index contributed by atoms with van der Waals surface area (Å²) in [7, 11) is 1.63. The van der Waals surface area contributed by atoms with Crippen LogP contribution >= 0.6 is 0 Å². The van der Waals surface area contributed by atoms with Crippen molar-refractivity contribution in [3.05, 3.63) is 29.8 Å². The first-order valence-electron chi connectivity index (χ1n) is 9.04. The molecule has 6 heteroatoms. The van der Waals surface area contributed by atoms with Crippen LogP contribution in [-0.4, -0.2) is 60.4 Å². The van der Waals surface area contributed by atoms with Crippen LogP contribution in [0.15, 0.2) is 24.3 Å². The van der Waals surface area contributed by atoms with Gasteiger partial charge in [0.1, 0.15) is 5.75 Å². The summed E-state index contributed by atoms with van der Waals surface area (Å²) in [6.07, 6.45) is 4.15. The molecule has 0 aliphatic carbocycles. The molecule has 6 nitrogen and oxygen atoms in total. The summed E-state index contributed by atoms with van der Waals surface area (Å²) in [6, 6.07) is 7.88. The zero-order valence-corrected chi connectivity index (χ0v) is 14.8. The van der Waals surface area contributed by atoms with E-state index in [-0.39, 0.29) is 17.9 Å². The molecule has 0 saturated carbocycles. The van der Waals surface area contributed by atoms with Crippen LogP contribution in [-0.2, 0) is 16.0 Å². The minimum absolute atomic E-state index is 0.119. The fraction of sp³-hybridized carbons (Fsp3) is 0.579. The normalized spacial score (nSPS) is 22.1. The fourth-order valence-corrected chi connectivity index (χ4v) is 4.01. The molecule has 0 unspecified atom stereocenters. The van der Waals surface area contributed by atoms with Crippen LogP contribution in [0.3, 0.4) is 0 Å². The Bertz CT molecular complexity index is 609. The lowest BCUT2D eigenvalue weighted by Gasteiger charge is -2.38. The van der Waals surface area contributed by atoms with E-state index in [1.807, 2.05) is 29.2 Å². The van der Waals surface area contributed by atoms with Crippen molar-refractivity contribution in [1.29, 1.82) is 0 Å². The molecule has 2 heterocycles. The molecule has 1 aromatic carbocycles. The maximum atomic E-state index is 12.5. The number of amides is 2. The maximum absolute atomic E-state index is 12.5. The second-order valence-corrected chi connectivity index (χ2v) is 6.94. The maximum Gasteiger partial charge on any atom is 0.234 e. The number of carbonyl (C=O) groups excluding carboxylic acids is 2. The highest BCUT2D eigenvalue weighted by Crippen LogP contribution is 2.26. The summed E-state index contributed by atoms with van der Waals surface area (Å²) in [4.78, 5) is 28.3. The number of benzene rings is 1. The van der Waals surface area contributed by atoms with Crippen molar-refractivity contribution in [1.82, 2.24) is 9.80 Å². The summed E-state index contributed by atoms with van der Waals surface area (Å²) in [5.41, 5.74) is 6.52. The standard InChI is InChI=1S/C19H27N3O3/c1-25-16-6-4-14(5-7-16)13-18(23)21-11-8-15(9-12-21)22-10-2-3-17(22)19(20)24/h4-7,15,17H,2-3,8-13H2,1H3,(H2,20,24)/t17-/m0/s1. The largest absolute Gasteiger partial charge is 0.497 e. The number of nitrogens with zero attached hydrogens (tertiary/aromatic N) is 2. The van der Waals surface area contributed by atoms with Gasteiger partial charge in [-0.15, -0.1) is 0 Å². The molecule has 0 bridgehead atoms. The van der Waals surface area contributed by atoms with E-state index in [1.54, 1.807) is 7.11 Å². The monoisotopic (exact) mass is 345 g/mol. The molecule has 0 spiro atoms. The van der Waals surface area contributed by atoms with E-state index in [2.05, 4.69) is 4.90 Å². The Morgan fingerprint density at radius 2 is 1.80 bits per heavy atom. The average Bonchev–Trinajstić information content (AvgIpc) is 3.12. The quantitative estimate of drug-likeness (QED) is 0.869. The van der Waals surface area contributed by atoms with Gasteiger partial charge in [0.25, 0.3) is 0 Å². The summed E-state index contributed by atoms with van der Waals surface area (Å²) in [5, 5.41) is 0. The van der Waals surface area contributed by atoms with E-state index in [1.165, 1.54) is 0 Å². The van der Waals surface area contributed by atoms with Crippen LogP contribution in [0.2, 0.25) is 0 Å². The summed E-state index contributed by atoms with van der Waals surface area (Å²) in [6.45, 7) is 2.45. The Balaban J connectivity index is 1.51. The number of primary amides is 1. The van der Waals surface area contributed by atoms with Gasteiger partial charge in [-0.25, -0.2) is 0 Å². The van der Waals surface area contributed by atoms with Gasteiger partial charge in [0.2, 0.25) is 11.8 Å². The van der Waals surface area contributed by atoms with Gasteiger partial charge in [0, 0.05) is 19.1 Å². The Kier molecular flexibility index (Phi) is 5.58. The minimum atomic E-state index is -0.212. The zero-order valence-electron chi connectivity index (χ0n) is 14.8. The molecule has 2 N–H and O–H groups in total. The molecule has 0 radical (unpaired) electrons. The number of nitrogens with two attached hydrogens (primary N) is 1. The molecule has 136 valence electrons. The van der Waals surface area contributed by atoms with Crippen LogP contribution in [0.4, 0.5) is 0 Å². The molecule has 2 fully saturated rings. The van der Waals surface area contributed by atoms with Crippen LogP contribution < -0.4 is 10.5 Å². The smallest absolute Gasteiger partial charge is 0.234 e. The summed E-state index contributed by atoms with van der Waals surface area (Å²) >= 11 is 0. The molecule has 2 amide bonds. The number of methoxy groups -OCH3 is 1.